The SMILES string of the molecule is OCc1c2n(c3ccccc13)CCC1CC21. The van der Waals surface area contributed by atoms with Crippen LogP contribution in [0.15, 0.2) is 24.3 Å². The van der Waals surface area contributed by atoms with Gasteiger partial charge in [-0.3, -0.25) is 0 Å². The topological polar surface area (TPSA) is 25.2 Å². The Bertz CT molecular complexity index is 536. The molecule has 0 radical (unpaired) electrons. The quantitative estimate of drug-likeness (QED) is 0.774. The highest BCUT2D eigenvalue weighted by Gasteiger charge is 2.44. The first-order valence-electron chi connectivity index (χ1n) is 6.11. The summed E-state index contributed by atoms with van der Waals surface area (Å²) < 4.78 is 2.44. The van der Waals surface area contributed by atoms with Gasteiger partial charge in [0, 0.05) is 34.6 Å². The van der Waals surface area contributed by atoms with E-state index in [4.69, 9.17) is 0 Å². The molecule has 1 aliphatic carbocycles. The molecule has 0 spiro atoms. The zero-order valence-corrected chi connectivity index (χ0v) is 9.19. The zero-order valence-electron chi connectivity index (χ0n) is 9.19. The summed E-state index contributed by atoms with van der Waals surface area (Å²) in [6.45, 7) is 1.32. The Balaban J connectivity index is 2.10. The van der Waals surface area contributed by atoms with E-state index in [1.54, 1.807) is 0 Å². The van der Waals surface area contributed by atoms with Gasteiger partial charge < -0.3 is 9.67 Å². The molecule has 1 N–H and O–H groups in total. The van der Waals surface area contributed by atoms with Crippen molar-refractivity contribution in [3.8, 4) is 0 Å². The minimum absolute atomic E-state index is 0.187. The molecule has 2 nitrogen and oxygen atoms in total. The maximum Gasteiger partial charge on any atom is 0.0705 e. The molecule has 2 aromatic rings. The predicted molar refractivity (Wildman–Crippen MR) is 63.3 cm³/mol. The maximum atomic E-state index is 9.60. The van der Waals surface area contributed by atoms with Gasteiger partial charge in [0.1, 0.15) is 0 Å². The lowest BCUT2D eigenvalue weighted by molar-refractivity contribution is 0.281. The lowest BCUT2D eigenvalue weighted by Gasteiger charge is -2.16. The fourth-order valence-electron chi connectivity index (χ4n) is 3.42. The molecule has 1 fully saturated rings. The first-order valence-corrected chi connectivity index (χ1v) is 6.11. The van der Waals surface area contributed by atoms with Gasteiger partial charge in [-0.15, -0.1) is 0 Å². The molecule has 1 saturated carbocycles. The normalized spacial score (nSPS) is 26.6. The monoisotopic (exact) mass is 213 g/mol. The van der Waals surface area contributed by atoms with E-state index in [-0.39, 0.29) is 6.61 Å². The number of aryl methyl sites for hydroxylation is 1. The van der Waals surface area contributed by atoms with Crippen molar-refractivity contribution in [1.29, 1.82) is 0 Å². The molecule has 0 saturated heterocycles. The van der Waals surface area contributed by atoms with Crippen LogP contribution >= 0.6 is 0 Å². The number of aromatic nitrogens is 1. The van der Waals surface area contributed by atoms with Crippen LogP contribution in [0.1, 0.15) is 30.0 Å². The van der Waals surface area contributed by atoms with E-state index in [1.165, 1.54) is 35.0 Å². The summed E-state index contributed by atoms with van der Waals surface area (Å²) in [6.07, 6.45) is 2.66. The molecule has 2 aliphatic rings. The van der Waals surface area contributed by atoms with Gasteiger partial charge in [-0.2, -0.15) is 0 Å². The average Bonchev–Trinajstić information content (AvgIpc) is 3.05. The molecule has 2 unspecified atom stereocenters. The number of hydrogen-bond donors (Lipinski definition) is 1. The van der Waals surface area contributed by atoms with E-state index in [9.17, 15) is 5.11 Å². The molecule has 82 valence electrons. The van der Waals surface area contributed by atoms with Gasteiger partial charge in [-0.25, -0.2) is 0 Å². The van der Waals surface area contributed by atoms with Gasteiger partial charge in [0.25, 0.3) is 0 Å². The molecule has 0 bridgehead atoms. The Hall–Kier alpha value is -1.28. The van der Waals surface area contributed by atoms with Crippen molar-refractivity contribution in [1.82, 2.24) is 4.57 Å². The van der Waals surface area contributed by atoms with E-state index in [0.29, 0.717) is 0 Å². The maximum absolute atomic E-state index is 9.60. The number of benzene rings is 1. The van der Waals surface area contributed by atoms with E-state index < -0.39 is 0 Å². The predicted octanol–water partition coefficient (Wildman–Crippen LogP) is 2.64. The van der Waals surface area contributed by atoms with Crippen molar-refractivity contribution >= 4 is 10.9 Å². The highest BCUT2D eigenvalue weighted by atomic mass is 16.3. The number of fused-ring (bicyclic) bond motifs is 5. The second-order valence-corrected chi connectivity index (χ2v) is 5.08. The number of hydrogen-bond acceptors (Lipinski definition) is 1. The van der Waals surface area contributed by atoms with Crippen LogP contribution in [-0.2, 0) is 13.2 Å². The van der Waals surface area contributed by atoms with Crippen LogP contribution in [-0.4, -0.2) is 9.67 Å². The van der Waals surface area contributed by atoms with Gasteiger partial charge in [0.05, 0.1) is 6.61 Å². The van der Waals surface area contributed by atoms with Crippen molar-refractivity contribution in [3.63, 3.8) is 0 Å². The summed E-state index contributed by atoms with van der Waals surface area (Å²) in [5, 5.41) is 10.9. The highest BCUT2D eigenvalue weighted by molar-refractivity contribution is 5.86. The van der Waals surface area contributed by atoms with Crippen LogP contribution in [0.5, 0.6) is 0 Å². The Morgan fingerprint density at radius 2 is 2.19 bits per heavy atom. The van der Waals surface area contributed by atoms with E-state index in [2.05, 4.69) is 28.8 Å². The van der Waals surface area contributed by atoms with Crippen molar-refractivity contribution < 1.29 is 5.11 Å². The van der Waals surface area contributed by atoms with E-state index in [1.807, 2.05) is 0 Å². The number of rotatable bonds is 1. The third kappa shape index (κ3) is 0.957. The number of nitrogens with zero attached hydrogens (tertiary/aromatic N) is 1. The number of para-hydroxylation sites is 1. The van der Waals surface area contributed by atoms with E-state index >= 15 is 0 Å². The molecular weight excluding hydrogens is 198 g/mol. The number of aliphatic hydroxyl groups is 1. The third-order valence-corrected chi connectivity index (χ3v) is 4.28. The molecule has 1 aliphatic heterocycles. The first kappa shape index (κ1) is 8.82. The molecule has 16 heavy (non-hydrogen) atoms. The number of aliphatic hydroxyl groups excluding tert-OH is 1. The van der Waals surface area contributed by atoms with Gasteiger partial charge >= 0.3 is 0 Å². The molecule has 4 rings (SSSR count). The van der Waals surface area contributed by atoms with Crippen LogP contribution in [0.3, 0.4) is 0 Å². The van der Waals surface area contributed by atoms with Crippen molar-refractivity contribution in [2.75, 3.05) is 0 Å². The smallest absolute Gasteiger partial charge is 0.0705 e. The van der Waals surface area contributed by atoms with Gasteiger partial charge in [0.15, 0.2) is 0 Å². The standard InChI is InChI=1S/C14H15NO/c16-8-12-10-3-1-2-4-13(10)15-6-5-9-7-11(9)14(12)15/h1-4,9,11,16H,5-8H2. The fraction of sp³-hybridized carbons (Fsp3) is 0.429. The summed E-state index contributed by atoms with van der Waals surface area (Å²) in [5.74, 6) is 1.64. The molecule has 0 amide bonds. The largest absolute Gasteiger partial charge is 0.392 e. The Morgan fingerprint density at radius 3 is 3.06 bits per heavy atom. The second kappa shape index (κ2) is 2.89. The Labute approximate surface area is 94.5 Å². The van der Waals surface area contributed by atoms with Crippen molar-refractivity contribution in [3.05, 3.63) is 35.5 Å². The molecule has 2 heteroatoms. The van der Waals surface area contributed by atoms with E-state index in [0.717, 1.165) is 18.4 Å². The molecule has 1 aromatic carbocycles. The summed E-state index contributed by atoms with van der Waals surface area (Å²) in [5.41, 5.74) is 3.93. The van der Waals surface area contributed by atoms with Crippen LogP contribution in [0.4, 0.5) is 0 Å². The van der Waals surface area contributed by atoms with Crippen LogP contribution in [0, 0.1) is 5.92 Å². The fourth-order valence-corrected chi connectivity index (χ4v) is 3.42. The van der Waals surface area contributed by atoms with Gasteiger partial charge in [0.2, 0.25) is 0 Å². The van der Waals surface area contributed by atoms with Crippen LogP contribution in [0.2, 0.25) is 0 Å². The molecule has 2 atom stereocenters. The van der Waals surface area contributed by atoms with Gasteiger partial charge in [-0.1, -0.05) is 18.2 Å². The lowest BCUT2D eigenvalue weighted by Crippen LogP contribution is -2.10. The highest BCUT2D eigenvalue weighted by Crippen LogP contribution is 2.55. The summed E-state index contributed by atoms with van der Waals surface area (Å²) in [6, 6.07) is 8.48. The molecule has 2 heterocycles. The van der Waals surface area contributed by atoms with Gasteiger partial charge in [-0.05, 0) is 24.8 Å². The summed E-state index contributed by atoms with van der Waals surface area (Å²) in [7, 11) is 0. The van der Waals surface area contributed by atoms with Crippen molar-refractivity contribution in [2.45, 2.75) is 31.9 Å². The summed E-state index contributed by atoms with van der Waals surface area (Å²) in [4.78, 5) is 0. The van der Waals surface area contributed by atoms with Crippen molar-refractivity contribution in [2.24, 2.45) is 5.92 Å². The Morgan fingerprint density at radius 1 is 1.31 bits per heavy atom. The molecule has 1 aromatic heterocycles. The van der Waals surface area contributed by atoms with Crippen LogP contribution < -0.4 is 0 Å². The zero-order chi connectivity index (χ0) is 10.7. The Kier molecular flexibility index (Phi) is 1.59. The minimum Gasteiger partial charge on any atom is -0.392 e. The minimum atomic E-state index is 0.187. The average molecular weight is 213 g/mol. The summed E-state index contributed by atoms with van der Waals surface area (Å²) >= 11 is 0. The third-order valence-electron chi connectivity index (χ3n) is 4.28. The first-order chi connectivity index (χ1) is 7.90. The lowest BCUT2D eigenvalue weighted by atomic mass is 10.1. The molecular formula is C14H15NO. The van der Waals surface area contributed by atoms with Crippen LogP contribution in [0.25, 0.3) is 10.9 Å². The second-order valence-electron chi connectivity index (χ2n) is 5.08.